The van der Waals surface area contributed by atoms with Crippen molar-refractivity contribution in [1.82, 2.24) is 9.97 Å². The fourth-order valence-corrected chi connectivity index (χ4v) is 2.34. The maximum Gasteiger partial charge on any atom is 0.339 e. The molecular formula is C20H25N3O6. The van der Waals surface area contributed by atoms with Gasteiger partial charge in [-0.05, 0) is 32.9 Å². The van der Waals surface area contributed by atoms with Gasteiger partial charge < -0.3 is 24.3 Å². The summed E-state index contributed by atoms with van der Waals surface area (Å²) < 4.78 is 21.0. The van der Waals surface area contributed by atoms with Crippen molar-refractivity contribution in [2.45, 2.75) is 33.0 Å². The van der Waals surface area contributed by atoms with Crippen molar-refractivity contribution in [3.63, 3.8) is 0 Å². The van der Waals surface area contributed by atoms with Gasteiger partial charge in [0.05, 0.1) is 30.9 Å². The average molecular weight is 403 g/mol. The standard InChI is InChI=1S/C20H25N3O6/c1-12(2)28-17-8-15(9-18(23-17)29-13(3)11-26-4)19(24)22-16-7-6-14(10-21-16)20(25)27-5/h6-10,12-13H,11H2,1-5H3,(H,21,22,24)/t13-/m0/s1. The van der Waals surface area contributed by atoms with Crippen molar-refractivity contribution < 1.29 is 28.5 Å². The van der Waals surface area contributed by atoms with Gasteiger partial charge in [-0.2, -0.15) is 4.98 Å². The number of aromatic nitrogens is 2. The van der Waals surface area contributed by atoms with E-state index in [4.69, 9.17) is 14.2 Å². The van der Waals surface area contributed by atoms with Gasteiger partial charge in [0.25, 0.3) is 5.91 Å². The van der Waals surface area contributed by atoms with E-state index in [1.807, 2.05) is 20.8 Å². The lowest BCUT2D eigenvalue weighted by Gasteiger charge is -2.16. The van der Waals surface area contributed by atoms with Crippen molar-refractivity contribution in [2.24, 2.45) is 0 Å². The van der Waals surface area contributed by atoms with E-state index in [1.54, 1.807) is 7.11 Å². The topological polar surface area (TPSA) is 109 Å². The molecule has 0 aromatic carbocycles. The Hall–Kier alpha value is -3.20. The first-order valence-corrected chi connectivity index (χ1v) is 9.02. The van der Waals surface area contributed by atoms with Crippen LogP contribution in [0.25, 0.3) is 0 Å². The lowest BCUT2D eigenvalue weighted by Crippen LogP contribution is -2.20. The van der Waals surface area contributed by atoms with Crippen molar-refractivity contribution in [3.8, 4) is 11.8 Å². The highest BCUT2D eigenvalue weighted by atomic mass is 16.5. The van der Waals surface area contributed by atoms with Crippen LogP contribution < -0.4 is 14.8 Å². The number of esters is 1. The molecule has 0 aliphatic rings. The van der Waals surface area contributed by atoms with E-state index in [-0.39, 0.29) is 40.9 Å². The van der Waals surface area contributed by atoms with Crippen molar-refractivity contribution >= 4 is 17.7 Å². The molecule has 0 unspecified atom stereocenters. The number of amides is 1. The van der Waals surface area contributed by atoms with Crippen LogP contribution in [0.15, 0.2) is 30.5 Å². The van der Waals surface area contributed by atoms with Gasteiger partial charge in [0.1, 0.15) is 11.9 Å². The van der Waals surface area contributed by atoms with Crippen LogP contribution in [0.5, 0.6) is 11.8 Å². The summed E-state index contributed by atoms with van der Waals surface area (Å²) in [6.45, 7) is 5.91. The van der Waals surface area contributed by atoms with Gasteiger partial charge in [0.2, 0.25) is 11.8 Å². The fourth-order valence-electron chi connectivity index (χ4n) is 2.34. The molecule has 0 saturated heterocycles. The third-order valence-corrected chi connectivity index (χ3v) is 3.55. The summed E-state index contributed by atoms with van der Waals surface area (Å²) in [5.74, 6) is -0.148. The fraction of sp³-hybridized carbons (Fsp3) is 0.400. The van der Waals surface area contributed by atoms with Gasteiger partial charge in [-0.3, -0.25) is 4.79 Å². The molecule has 2 aromatic heterocycles. The molecule has 2 rings (SSSR count). The minimum absolute atomic E-state index is 0.127. The highest BCUT2D eigenvalue weighted by Gasteiger charge is 2.15. The first-order valence-electron chi connectivity index (χ1n) is 9.02. The third kappa shape index (κ3) is 6.72. The Bertz CT molecular complexity index is 839. The minimum atomic E-state index is -0.507. The first-order chi connectivity index (χ1) is 13.8. The number of rotatable bonds is 9. The number of carbonyl (C=O) groups excluding carboxylic acids is 2. The molecule has 0 saturated carbocycles. The number of carbonyl (C=O) groups is 2. The molecule has 0 aliphatic carbocycles. The maximum atomic E-state index is 12.7. The zero-order valence-corrected chi connectivity index (χ0v) is 17.1. The average Bonchev–Trinajstić information content (AvgIpc) is 2.67. The van der Waals surface area contributed by atoms with Crippen LogP contribution in [0, 0.1) is 0 Å². The van der Waals surface area contributed by atoms with E-state index in [2.05, 4.69) is 20.0 Å². The molecule has 0 bridgehead atoms. The van der Waals surface area contributed by atoms with Gasteiger partial charge in [-0.25, -0.2) is 9.78 Å². The summed E-state index contributed by atoms with van der Waals surface area (Å²) in [6, 6.07) is 6.05. The molecule has 0 fully saturated rings. The van der Waals surface area contributed by atoms with Crippen LogP contribution in [-0.2, 0) is 9.47 Å². The Labute approximate surface area is 169 Å². The first kappa shape index (κ1) is 22.1. The quantitative estimate of drug-likeness (QED) is 0.637. The van der Waals surface area contributed by atoms with E-state index in [9.17, 15) is 9.59 Å². The van der Waals surface area contributed by atoms with Crippen LogP contribution in [0.1, 0.15) is 41.5 Å². The minimum Gasteiger partial charge on any atom is -0.475 e. The Morgan fingerprint density at radius 2 is 1.72 bits per heavy atom. The Morgan fingerprint density at radius 1 is 1.03 bits per heavy atom. The van der Waals surface area contributed by atoms with E-state index in [0.29, 0.717) is 6.61 Å². The molecule has 2 heterocycles. The number of hydrogen-bond acceptors (Lipinski definition) is 8. The molecule has 9 heteroatoms. The predicted octanol–water partition coefficient (Wildman–Crippen LogP) is 2.72. The molecule has 29 heavy (non-hydrogen) atoms. The van der Waals surface area contributed by atoms with Gasteiger partial charge in [-0.15, -0.1) is 0 Å². The monoisotopic (exact) mass is 403 g/mol. The highest BCUT2D eigenvalue weighted by molar-refractivity contribution is 6.04. The molecule has 2 aromatic rings. The number of ether oxygens (including phenoxy) is 4. The van der Waals surface area contributed by atoms with E-state index in [1.165, 1.54) is 37.6 Å². The largest absolute Gasteiger partial charge is 0.475 e. The molecule has 9 nitrogen and oxygen atoms in total. The van der Waals surface area contributed by atoms with Crippen molar-refractivity contribution in [2.75, 3.05) is 26.1 Å². The van der Waals surface area contributed by atoms with Crippen LogP contribution in [0.3, 0.4) is 0 Å². The lowest BCUT2D eigenvalue weighted by molar-refractivity contribution is 0.0600. The van der Waals surface area contributed by atoms with Crippen LogP contribution >= 0.6 is 0 Å². The summed E-state index contributed by atoms with van der Waals surface area (Å²) in [7, 11) is 2.86. The third-order valence-electron chi connectivity index (χ3n) is 3.55. The van der Waals surface area contributed by atoms with Crippen molar-refractivity contribution in [3.05, 3.63) is 41.6 Å². The highest BCUT2D eigenvalue weighted by Crippen LogP contribution is 2.21. The molecule has 0 aliphatic heterocycles. The van der Waals surface area contributed by atoms with Crippen LogP contribution in [0.4, 0.5) is 5.82 Å². The zero-order chi connectivity index (χ0) is 21.4. The normalized spacial score (nSPS) is 11.7. The number of nitrogens with one attached hydrogen (secondary N) is 1. The Balaban J connectivity index is 2.21. The molecule has 0 radical (unpaired) electrons. The van der Waals surface area contributed by atoms with E-state index >= 15 is 0 Å². The Kier molecular flexibility index (Phi) is 7.90. The molecule has 156 valence electrons. The second-order valence-electron chi connectivity index (χ2n) is 6.46. The summed E-state index contributed by atoms with van der Waals surface area (Å²) in [6.07, 6.45) is 0.935. The van der Waals surface area contributed by atoms with Gasteiger partial charge >= 0.3 is 5.97 Å². The molecule has 1 N–H and O–H groups in total. The van der Waals surface area contributed by atoms with E-state index < -0.39 is 11.9 Å². The zero-order valence-electron chi connectivity index (χ0n) is 17.1. The summed E-state index contributed by atoms with van der Waals surface area (Å²) in [5, 5.41) is 2.66. The van der Waals surface area contributed by atoms with E-state index in [0.717, 1.165) is 0 Å². The van der Waals surface area contributed by atoms with Gasteiger partial charge in [-0.1, -0.05) is 0 Å². The summed E-state index contributed by atoms with van der Waals surface area (Å²) in [5.41, 5.74) is 0.568. The molecule has 0 spiro atoms. The van der Waals surface area contributed by atoms with Crippen molar-refractivity contribution in [1.29, 1.82) is 0 Å². The summed E-state index contributed by atoms with van der Waals surface area (Å²) in [4.78, 5) is 32.5. The Morgan fingerprint density at radius 3 is 2.28 bits per heavy atom. The lowest BCUT2D eigenvalue weighted by atomic mass is 10.2. The smallest absolute Gasteiger partial charge is 0.339 e. The van der Waals surface area contributed by atoms with Crippen LogP contribution in [0.2, 0.25) is 0 Å². The number of nitrogens with zero attached hydrogens (tertiary/aromatic N) is 2. The second-order valence-corrected chi connectivity index (χ2v) is 6.46. The van der Waals surface area contributed by atoms with Gasteiger partial charge in [0.15, 0.2) is 0 Å². The number of pyridine rings is 2. The number of hydrogen-bond donors (Lipinski definition) is 1. The molecule has 1 amide bonds. The summed E-state index contributed by atoms with van der Waals surface area (Å²) >= 11 is 0. The predicted molar refractivity (Wildman–Crippen MR) is 105 cm³/mol. The number of methoxy groups -OCH3 is 2. The second kappa shape index (κ2) is 10.4. The maximum absolute atomic E-state index is 12.7. The molecule has 1 atom stereocenters. The SMILES string of the molecule is COC[C@H](C)Oc1cc(C(=O)Nc2ccc(C(=O)OC)cn2)cc(OC(C)C)n1. The number of anilines is 1. The van der Waals surface area contributed by atoms with Gasteiger partial charge in [0, 0.05) is 25.4 Å². The van der Waals surface area contributed by atoms with Crippen LogP contribution in [-0.4, -0.2) is 54.9 Å². The molecular weight excluding hydrogens is 378 g/mol.